The van der Waals surface area contributed by atoms with E-state index in [4.69, 9.17) is 0 Å². The van der Waals surface area contributed by atoms with Crippen molar-refractivity contribution < 1.29 is 12.9 Å². The molecule has 0 fully saturated rings. The Hall–Kier alpha value is 0.260. The molecule has 0 atom stereocenters. The maximum Gasteiger partial charge on any atom is 0.198 e. The van der Waals surface area contributed by atoms with E-state index in [9.17, 15) is 8.42 Å². The van der Waals surface area contributed by atoms with E-state index in [1.54, 1.807) is 0 Å². The molecule has 0 aliphatic rings. The Labute approximate surface area is 187 Å². The van der Waals surface area contributed by atoms with E-state index in [0.717, 1.165) is 23.0 Å². The summed E-state index contributed by atoms with van der Waals surface area (Å²) in [6.45, 7) is 12.5. The molecule has 0 saturated carbocycles. The zero-order chi connectivity index (χ0) is 21.8. The second kappa shape index (κ2) is 19.0. The summed E-state index contributed by atoms with van der Waals surface area (Å²) >= 11 is 0. The molecule has 3 nitrogen and oxygen atoms in total. The summed E-state index contributed by atoms with van der Waals surface area (Å²) in [6.07, 6.45) is 21.1. The van der Waals surface area contributed by atoms with Crippen LogP contribution >= 0.6 is 10.8 Å². The highest BCUT2D eigenvalue weighted by molar-refractivity contribution is 8.71. The third-order valence-electron chi connectivity index (χ3n) is 6.03. The minimum atomic E-state index is -2.86. The zero-order valence-electron chi connectivity index (χ0n) is 20.2. The van der Waals surface area contributed by atoms with Gasteiger partial charge in [-0.3, -0.25) is 0 Å². The summed E-state index contributed by atoms with van der Waals surface area (Å²) in [4.78, 5) is 0. The number of rotatable bonds is 22. The van der Waals surface area contributed by atoms with Gasteiger partial charge < -0.3 is 4.48 Å². The SMILES string of the molecule is CCCCC[N+](CCCCC)(CCCCC)CCCCCCCCSS(C)(=O)=O. The van der Waals surface area contributed by atoms with Crippen molar-refractivity contribution in [2.45, 2.75) is 117 Å². The third kappa shape index (κ3) is 18.7. The van der Waals surface area contributed by atoms with Crippen molar-refractivity contribution in [1.29, 1.82) is 0 Å². The van der Waals surface area contributed by atoms with Crippen LogP contribution in [0, 0.1) is 0 Å². The molecule has 0 aromatic carbocycles. The van der Waals surface area contributed by atoms with Crippen molar-refractivity contribution in [3.05, 3.63) is 0 Å². The molecule has 176 valence electrons. The lowest BCUT2D eigenvalue weighted by Gasteiger charge is -2.39. The first-order valence-corrected chi connectivity index (χ1v) is 16.0. The molecule has 0 aliphatic heterocycles. The second-order valence-electron chi connectivity index (χ2n) is 9.00. The van der Waals surface area contributed by atoms with Gasteiger partial charge in [0.25, 0.3) is 0 Å². The highest BCUT2D eigenvalue weighted by atomic mass is 33.1. The summed E-state index contributed by atoms with van der Waals surface area (Å²) in [7, 11) is -1.75. The maximum absolute atomic E-state index is 11.1. The smallest absolute Gasteiger partial charge is 0.198 e. The molecule has 0 aromatic heterocycles. The Morgan fingerprint density at radius 1 is 0.552 bits per heavy atom. The van der Waals surface area contributed by atoms with Crippen LogP contribution in [0.2, 0.25) is 0 Å². The number of nitrogens with zero attached hydrogens (tertiary/aromatic N) is 1. The number of quaternary nitrogens is 1. The number of unbranched alkanes of at least 4 members (excludes halogenated alkanes) is 11. The fourth-order valence-corrected chi connectivity index (χ4v) is 6.12. The predicted octanol–water partition coefficient (Wildman–Crippen LogP) is 7.41. The van der Waals surface area contributed by atoms with Crippen LogP contribution in [0.3, 0.4) is 0 Å². The summed E-state index contributed by atoms with van der Waals surface area (Å²) in [5.74, 6) is 0.755. The summed E-state index contributed by atoms with van der Waals surface area (Å²) in [5, 5.41) is 0. The van der Waals surface area contributed by atoms with Gasteiger partial charge in [-0.15, -0.1) is 0 Å². The topological polar surface area (TPSA) is 34.1 Å². The Bertz CT molecular complexity index is 425. The lowest BCUT2D eigenvalue weighted by Crippen LogP contribution is -2.50. The maximum atomic E-state index is 11.1. The first kappa shape index (κ1) is 29.3. The van der Waals surface area contributed by atoms with Crippen LogP contribution in [-0.2, 0) is 8.87 Å². The van der Waals surface area contributed by atoms with Crippen molar-refractivity contribution in [3.8, 4) is 0 Å². The molecular weight excluding hydrogens is 398 g/mol. The third-order valence-corrected chi connectivity index (χ3v) is 8.70. The molecule has 29 heavy (non-hydrogen) atoms. The Kier molecular flexibility index (Phi) is 19.2. The quantitative estimate of drug-likeness (QED) is 0.0978. The van der Waals surface area contributed by atoms with Gasteiger partial charge in [0.15, 0.2) is 8.87 Å². The van der Waals surface area contributed by atoms with E-state index in [0.29, 0.717) is 0 Å². The van der Waals surface area contributed by atoms with Crippen LogP contribution in [0.25, 0.3) is 0 Å². The van der Waals surface area contributed by atoms with Gasteiger partial charge in [-0.1, -0.05) is 59.3 Å². The van der Waals surface area contributed by atoms with Crippen LogP contribution < -0.4 is 0 Å². The van der Waals surface area contributed by atoms with Crippen molar-refractivity contribution in [1.82, 2.24) is 0 Å². The van der Waals surface area contributed by atoms with Gasteiger partial charge in [-0.2, -0.15) is 0 Å². The molecule has 0 spiro atoms. The first-order valence-electron chi connectivity index (χ1n) is 12.6. The highest BCUT2D eigenvalue weighted by Crippen LogP contribution is 2.19. The van der Waals surface area contributed by atoms with Gasteiger partial charge in [0.2, 0.25) is 0 Å². The van der Waals surface area contributed by atoms with Crippen molar-refractivity contribution in [2.75, 3.05) is 38.2 Å². The molecule has 0 aliphatic carbocycles. The molecule has 0 aromatic rings. The van der Waals surface area contributed by atoms with Crippen LogP contribution in [-0.4, -0.2) is 51.1 Å². The van der Waals surface area contributed by atoms with E-state index < -0.39 is 8.87 Å². The summed E-state index contributed by atoms with van der Waals surface area (Å²) < 4.78 is 23.7. The largest absolute Gasteiger partial charge is 0.324 e. The monoisotopic (exact) mass is 450 g/mol. The second-order valence-corrected chi connectivity index (χ2v) is 13.6. The van der Waals surface area contributed by atoms with Crippen LogP contribution in [0.5, 0.6) is 0 Å². The molecule has 0 heterocycles. The average Bonchev–Trinajstić information content (AvgIpc) is 2.66. The lowest BCUT2D eigenvalue weighted by atomic mass is 10.1. The van der Waals surface area contributed by atoms with Crippen molar-refractivity contribution in [2.24, 2.45) is 0 Å². The number of hydrogen-bond donors (Lipinski definition) is 0. The fourth-order valence-electron chi connectivity index (χ4n) is 4.23. The molecule has 0 rings (SSSR count). The van der Waals surface area contributed by atoms with Gasteiger partial charge in [-0.05, 0) is 68.6 Å². The van der Waals surface area contributed by atoms with Gasteiger partial charge in [0.1, 0.15) is 0 Å². The van der Waals surface area contributed by atoms with Crippen LogP contribution in [0.4, 0.5) is 0 Å². The van der Waals surface area contributed by atoms with Crippen LogP contribution in [0.15, 0.2) is 0 Å². The molecule has 0 unspecified atom stereocenters. The van der Waals surface area contributed by atoms with Crippen LogP contribution in [0.1, 0.15) is 117 Å². The molecular formula is C24H52NO2S2+. The van der Waals surface area contributed by atoms with E-state index in [1.807, 2.05) is 0 Å². The molecule has 0 saturated heterocycles. The minimum Gasteiger partial charge on any atom is -0.324 e. The van der Waals surface area contributed by atoms with E-state index >= 15 is 0 Å². The van der Waals surface area contributed by atoms with E-state index in [-0.39, 0.29) is 0 Å². The van der Waals surface area contributed by atoms with Gasteiger partial charge in [-0.25, -0.2) is 8.42 Å². The Morgan fingerprint density at radius 2 is 0.897 bits per heavy atom. The summed E-state index contributed by atoms with van der Waals surface area (Å²) in [6, 6.07) is 0. The average molecular weight is 451 g/mol. The molecule has 5 heteroatoms. The van der Waals surface area contributed by atoms with Crippen molar-refractivity contribution in [3.63, 3.8) is 0 Å². The minimum absolute atomic E-state index is 0.755. The Morgan fingerprint density at radius 3 is 1.28 bits per heavy atom. The standard InChI is InChI=1S/C24H52NO2S2/c1-5-8-15-20-25(21-16-9-6-2,22-17-10-7-3)23-18-13-11-12-14-19-24-28-29(4,26)27/h5-24H2,1-4H3/q+1. The van der Waals surface area contributed by atoms with Gasteiger partial charge in [0.05, 0.1) is 26.2 Å². The van der Waals surface area contributed by atoms with Gasteiger partial charge in [0, 0.05) is 12.0 Å². The first-order chi connectivity index (χ1) is 13.9. The van der Waals surface area contributed by atoms with Crippen molar-refractivity contribution >= 4 is 19.7 Å². The molecule has 0 amide bonds. The summed E-state index contributed by atoms with van der Waals surface area (Å²) in [5.41, 5.74) is 0. The predicted molar refractivity (Wildman–Crippen MR) is 133 cm³/mol. The molecule has 0 radical (unpaired) electrons. The van der Waals surface area contributed by atoms with E-state index in [2.05, 4.69) is 20.8 Å². The Balaban J connectivity index is 4.32. The normalized spacial score (nSPS) is 12.6. The molecule has 0 bridgehead atoms. The fraction of sp³-hybridized carbons (Fsp3) is 1.00. The lowest BCUT2D eigenvalue weighted by molar-refractivity contribution is -0.929. The highest BCUT2D eigenvalue weighted by Gasteiger charge is 2.25. The zero-order valence-corrected chi connectivity index (χ0v) is 21.9. The molecule has 0 N–H and O–H groups in total. The number of hydrogen-bond acceptors (Lipinski definition) is 3. The van der Waals surface area contributed by atoms with Gasteiger partial charge >= 0.3 is 0 Å². The van der Waals surface area contributed by atoms with E-state index in [1.165, 1.54) is 127 Å².